The number of nitrogens with one attached hydrogen (secondary N) is 1. The number of hydrogen-bond acceptors (Lipinski definition) is 4. The predicted octanol–water partition coefficient (Wildman–Crippen LogP) is 13.9. The summed E-state index contributed by atoms with van der Waals surface area (Å²) in [6.07, 6.45) is -18.7. The van der Waals surface area contributed by atoms with Crippen LogP contribution in [0.3, 0.4) is 0 Å². The Labute approximate surface area is 400 Å². The van der Waals surface area contributed by atoms with Crippen LogP contribution in [0.25, 0.3) is 0 Å². The first-order chi connectivity index (χ1) is 33.1. The van der Waals surface area contributed by atoms with Crippen molar-refractivity contribution in [2.45, 2.75) is 138 Å². The molecule has 2 amide bonds. The summed E-state index contributed by atoms with van der Waals surface area (Å²) in [5.41, 5.74) is -4.55. The van der Waals surface area contributed by atoms with E-state index >= 15 is 0 Å². The number of amides is 2. The highest BCUT2D eigenvalue weighted by atomic mass is 19.4. The van der Waals surface area contributed by atoms with Gasteiger partial charge in [0, 0.05) is 43.8 Å². The number of nitrogens with zero attached hydrogens (tertiary/aromatic N) is 1. The average Bonchev–Trinajstić information content (AvgIpc) is 4.09. The van der Waals surface area contributed by atoms with E-state index in [1.807, 2.05) is 0 Å². The van der Waals surface area contributed by atoms with E-state index in [1.54, 1.807) is 36.2 Å². The lowest BCUT2D eigenvalue weighted by molar-refractivity contribution is -0.145. The van der Waals surface area contributed by atoms with Crippen molar-refractivity contribution in [2.24, 2.45) is 11.8 Å². The summed E-state index contributed by atoms with van der Waals surface area (Å²) < 4.78 is 199. The smallest absolute Gasteiger partial charge is 0.370 e. The van der Waals surface area contributed by atoms with Crippen LogP contribution in [0.1, 0.15) is 134 Å². The van der Waals surface area contributed by atoms with E-state index in [4.69, 9.17) is 9.47 Å². The van der Waals surface area contributed by atoms with Crippen LogP contribution >= 0.6 is 0 Å². The van der Waals surface area contributed by atoms with Crippen molar-refractivity contribution in [1.29, 1.82) is 0 Å². The maximum Gasteiger partial charge on any atom is 0.416 e. The number of carbonyl (C=O) groups is 2. The molecule has 71 heavy (non-hydrogen) atoms. The van der Waals surface area contributed by atoms with Gasteiger partial charge in [-0.15, -0.1) is 0 Å². The lowest BCUT2D eigenvalue weighted by atomic mass is 9.82. The molecule has 2 saturated heterocycles. The molecular weight excluding hydrogens is 971 g/mol. The summed E-state index contributed by atoms with van der Waals surface area (Å²) >= 11 is 0. The zero-order valence-electron chi connectivity index (χ0n) is 38.4. The van der Waals surface area contributed by atoms with Crippen LogP contribution in [0.2, 0.25) is 0 Å². The molecule has 0 bridgehead atoms. The Morgan fingerprint density at radius 3 is 1.24 bits per heavy atom. The highest BCUT2D eigenvalue weighted by molar-refractivity contribution is 5.79. The lowest BCUT2D eigenvalue weighted by Crippen LogP contribution is -2.37. The molecular formula is C51H50F14N2O4. The monoisotopic (exact) mass is 1020 g/mol. The van der Waals surface area contributed by atoms with Crippen molar-refractivity contribution < 1.29 is 80.5 Å². The second kappa shape index (κ2) is 20.7. The molecule has 0 spiro atoms. The summed E-state index contributed by atoms with van der Waals surface area (Å²) in [7, 11) is 1.72. The molecule has 8 rings (SSSR count). The molecule has 2 aliphatic heterocycles. The maximum atomic E-state index is 13.6. The number of benzene rings is 4. The van der Waals surface area contributed by atoms with Crippen molar-refractivity contribution in [3.8, 4) is 0 Å². The summed E-state index contributed by atoms with van der Waals surface area (Å²) in [4.78, 5) is 25.6. The van der Waals surface area contributed by atoms with E-state index < -0.39 is 83.0 Å². The van der Waals surface area contributed by atoms with Gasteiger partial charge in [-0.1, -0.05) is 24.3 Å². The topological polar surface area (TPSA) is 67.9 Å². The molecule has 1 N–H and O–H groups in total. The van der Waals surface area contributed by atoms with Gasteiger partial charge in [0.2, 0.25) is 11.8 Å². The minimum atomic E-state index is -4.95. The highest BCUT2D eigenvalue weighted by Gasteiger charge is 2.48. The number of halogens is 14. The fraction of sp³-hybridized carbons (Fsp3) is 0.490. The standard InChI is InChI=1S/C26H26F7NO2.C25H24F7NO2/c1-14(16-11-17(25(28,29)30)13-18(12-16)26(31,32)33)36-22-9-7-20(21-8-10-23(35)34(21)2)24(22)15-3-5-19(27)6-4-15;1-13(15-10-16(24(27,28)29)12-17(11-15)25(30,31)32)35-21-8-6-19(20-7-9-22(34)33-20)23(21)14-2-4-18(26)5-3-14/h3-6,11-14,20-22,24H,7-10H2,1-2H3;2-5,10-13,19-21,23H,6-9H2,1H3,(H,33,34)/t14-,20+,21-,22+,24+;13-,19+,20+,21+,23+/m11/s1. The van der Waals surface area contributed by atoms with Crippen molar-refractivity contribution >= 4 is 11.8 Å². The Kier molecular flexibility index (Phi) is 15.6. The van der Waals surface area contributed by atoms with E-state index in [1.165, 1.54) is 38.1 Å². The Morgan fingerprint density at radius 1 is 0.521 bits per heavy atom. The van der Waals surface area contributed by atoms with Gasteiger partial charge in [-0.25, -0.2) is 8.78 Å². The van der Waals surface area contributed by atoms with Crippen LogP contribution in [0.15, 0.2) is 84.9 Å². The Morgan fingerprint density at radius 2 is 0.901 bits per heavy atom. The second-order valence-electron chi connectivity index (χ2n) is 18.8. The van der Waals surface area contributed by atoms with Crippen LogP contribution in [0.5, 0.6) is 0 Å². The van der Waals surface area contributed by atoms with E-state index in [9.17, 15) is 71.1 Å². The number of hydrogen-bond donors (Lipinski definition) is 1. The summed E-state index contributed by atoms with van der Waals surface area (Å²) in [5, 5.41) is 2.94. The third-order valence-corrected chi connectivity index (χ3v) is 14.3. The van der Waals surface area contributed by atoms with Gasteiger partial charge in [-0.3, -0.25) is 9.59 Å². The van der Waals surface area contributed by atoms with Gasteiger partial charge in [0.15, 0.2) is 0 Å². The number of carbonyl (C=O) groups excluding carboxylic acids is 2. The van der Waals surface area contributed by atoms with Gasteiger partial charge in [-0.05, 0) is 147 Å². The molecule has 2 saturated carbocycles. The van der Waals surface area contributed by atoms with Gasteiger partial charge in [0.1, 0.15) is 11.6 Å². The molecule has 2 aliphatic carbocycles. The largest absolute Gasteiger partial charge is 0.416 e. The Hall–Kier alpha value is -5.24. The first-order valence-corrected chi connectivity index (χ1v) is 23.0. The summed E-state index contributed by atoms with van der Waals surface area (Å²) in [6.45, 7) is 2.85. The van der Waals surface area contributed by atoms with E-state index in [0.717, 1.165) is 11.1 Å². The van der Waals surface area contributed by atoms with Gasteiger partial charge < -0.3 is 19.7 Å². The third-order valence-electron chi connectivity index (χ3n) is 14.3. The molecule has 20 heteroatoms. The quantitative estimate of drug-likeness (QED) is 0.161. The van der Waals surface area contributed by atoms with Gasteiger partial charge in [-0.2, -0.15) is 52.7 Å². The van der Waals surface area contributed by atoms with Crippen molar-refractivity contribution in [3.63, 3.8) is 0 Å². The number of likely N-dealkylation sites (tertiary alicyclic amines) is 1. The number of ether oxygens (including phenoxy) is 2. The van der Waals surface area contributed by atoms with Crippen molar-refractivity contribution in [2.75, 3.05) is 7.05 Å². The number of rotatable bonds is 10. The van der Waals surface area contributed by atoms with Crippen LogP contribution < -0.4 is 5.32 Å². The van der Waals surface area contributed by atoms with Crippen molar-refractivity contribution in [3.05, 3.63) is 141 Å². The van der Waals surface area contributed by atoms with Crippen LogP contribution in [-0.2, 0) is 43.8 Å². The minimum Gasteiger partial charge on any atom is -0.370 e. The number of alkyl halides is 12. The molecule has 10 atom stereocenters. The Bertz CT molecular complexity index is 2440. The normalized spacial score (nSPS) is 26.1. The Balaban J connectivity index is 0.000000209. The van der Waals surface area contributed by atoms with Gasteiger partial charge in [0.05, 0.1) is 46.7 Å². The van der Waals surface area contributed by atoms with Crippen LogP contribution in [-0.4, -0.2) is 48.1 Å². The SMILES string of the molecule is C[C@@H](O[C@H]1CC[C@@H]([C@@H]2CCC(=O)N2)[C@@H]1c1ccc(F)cc1)c1cc(C(F)(F)F)cc(C(F)(F)F)c1.C[C@@H](O[C@H]1CC[C@@H]([C@H]2CCC(=O)N2C)[C@@H]1c1ccc(F)cc1)c1cc(C(F)(F)F)cc(C(F)(F)F)c1. The molecule has 4 fully saturated rings. The molecule has 4 aromatic carbocycles. The third kappa shape index (κ3) is 12.5. The molecule has 4 aliphatic rings. The minimum absolute atomic E-state index is 0.0132. The summed E-state index contributed by atoms with van der Waals surface area (Å²) in [5.74, 6) is -1.65. The lowest BCUT2D eigenvalue weighted by Gasteiger charge is -2.34. The molecule has 2 heterocycles. The maximum absolute atomic E-state index is 13.6. The van der Waals surface area contributed by atoms with Crippen LogP contribution in [0.4, 0.5) is 61.5 Å². The molecule has 386 valence electrons. The van der Waals surface area contributed by atoms with Crippen molar-refractivity contribution in [1.82, 2.24) is 10.2 Å². The molecule has 0 unspecified atom stereocenters. The molecule has 0 radical (unpaired) electrons. The first kappa shape index (κ1) is 53.6. The zero-order chi connectivity index (χ0) is 52.0. The first-order valence-electron chi connectivity index (χ1n) is 23.0. The molecule has 6 nitrogen and oxygen atoms in total. The summed E-state index contributed by atoms with van der Waals surface area (Å²) in [6, 6.07) is 14.3. The average molecular weight is 1020 g/mol. The predicted molar refractivity (Wildman–Crippen MR) is 230 cm³/mol. The molecule has 0 aromatic heterocycles. The second-order valence-corrected chi connectivity index (χ2v) is 18.8. The van der Waals surface area contributed by atoms with E-state index in [2.05, 4.69) is 5.32 Å². The fourth-order valence-electron chi connectivity index (χ4n) is 10.9. The highest BCUT2D eigenvalue weighted by Crippen LogP contribution is 2.50. The van der Waals surface area contributed by atoms with E-state index in [-0.39, 0.29) is 70.8 Å². The fourth-order valence-corrected chi connectivity index (χ4v) is 10.9. The van der Waals surface area contributed by atoms with Gasteiger partial charge >= 0.3 is 24.7 Å². The van der Waals surface area contributed by atoms with Crippen LogP contribution in [0, 0.1) is 23.5 Å². The molecule has 4 aromatic rings. The van der Waals surface area contributed by atoms with E-state index in [0.29, 0.717) is 75.6 Å². The zero-order valence-corrected chi connectivity index (χ0v) is 38.4. The van der Waals surface area contributed by atoms with Gasteiger partial charge in [0.25, 0.3) is 0 Å².